The fourth-order valence-electron chi connectivity index (χ4n) is 2.76. The molecule has 4 N–H and O–H groups in total. The van der Waals surface area contributed by atoms with Crippen LogP contribution in [0.15, 0.2) is 22.8 Å². The van der Waals surface area contributed by atoms with Gasteiger partial charge in [-0.05, 0) is 24.6 Å². The lowest BCUT2D eigenvalue weighted by molar-refractivity contribution is -0.913. The van der Waals surface area contributed by atoms with E-state index in [4.69, 9.17) is 10.2 Å². The van der Waals surface area contributed by atoms with Gasteiger partial charge in [0.15, 0.2) is 5.76 Å². The van der Waals surface area contributed by atoms with Crippen LogP contribution in [0, 0.1) is 0 Å². The number of anilines is 1. The molecule has 0 spiro atoms. The highest BCUT2D eigenvalue weighted by molar-refractivity contribution is 7.17. The third-order valence-electron chi connectivity index (χ3n) is 3.95. The second kappa shape index (κ2) is 5.94. The number of carbonyl (C=O) groups is 2. The van der Waals surface area contributed by atoms with E-state index in [2.05, 4.69) is 12.2 Å². The molecular formula is C15H18N3O3S+. The van der Waals surface area contributed by atoms with Gasteiger partial charge in [-0.25, -0.2) is 0 Å². The Morgan fingerprint density at radius 2 is 2.32 bits per heavy atom. The molecule has 3 heterocycles. The molecule has 1 aliphatic rings. The van der Waals surface area contributed by atoms with E-state index in [1.807, 2.05) is 0 Å². The van der Waals surface area contributed by atoms with Gasteiger partial charge in [0.1, 0.15) is 11.5 Å². The minimum atomic E-state index is -0.493. The van der Waals surface area contributed by atoms with Gasteiger partial charge in [-0.1, -0.05) is 0 Å². The molecule has 0 aliphatic carbocycles. The molecule has 2 amide bonds. The first kappa shape index (κ1) is 14.8. The number of hydrogen-bond acceptors (Lipinski definition) is 4. The lowest BCUT2D eigenvalue weighted by Crippen LogP contribution is -3.11. The van der Waals surface area contributed by atoms with Crippen LogP contribution in [0.25, 0.3) is 0 Å². The Morgan fingerprint density at radius 1 is 1.50 bits per heavy atom. The topological polar surface area (TPSA) is 89.8 Å². The second-order valence-corrected chi connectivity index (χ2v) is 6.39. The van der Waals surface area contributed by atoms with Crippen LogP contribution in [0.5, 0.6) is 0 Å². The van der Waals surface area contributed by atoms with E-state index in [-0.39, 0.29) is 11.7 Å². The van der Waals surface area contributed by atoms with Gasteiger partial charge >= 0.3 is 0 Å². The van der Waals surface area contributed by atoms with Gasteiger partial charge in [0.05, 0.1) is 29.8 Å². The first-order valence-electron chi connectivity index (χ1n) is 7.23. The first-order chi connectivity index (χ1) is 10.6. The number of likely N-dealkylation sites (N-methyl/N-ethyl adjacent to an activating group) is 1. The van der Waals surface area contributed by atoms with Gasteiger partial charge in [0, 0.05) is 6.42 Å². The molecule has 1 aliphatic heterocycles. The molecule has 0 fully saturated rings. The molecule has 0 saturated carbocycles. The average Bonchev–Trinajstić information content (AvgIpc) is 3.13. The summed E-state index contributed by atoms with van der Waals surface area (Å²) in [4.78, 5) is 26.5. The van der Waals surface area contributed by atoms with Crippen LogP contribution in [0.4, 0.5) is 5.00 Å². The van der Waals surface area contributed by atoms with Crippen LogP contribution in [0.1, 0.15) is 38.3 Å². The maximum Gasteiger partial charge on any atom is 0.291 e. The summed E-state index contributed by atoms with van der Waals surface area (Å²) in [5.41, 5.74) is 6.97. The number of primary amides is 1. The Labute approximate surface area is 131 Å². The molecule has 0 saturated heterocycles. The summed E-state index contributed by atoms with van der Waals surface area (Å²) in [7, 11) is 0. The van der Waals surface area contributed by atoms with Gasteiger partial charge in [0.2, 0.25) is 0 Å². The fraction of sp³-hybridized carbons (Fsp3) is 0.333. The van der Waals surface area contributed by atoms with E-state index in [1.165, 1.54) is 22.5 Å². The third kappa shape index (κ3) is 2.65. The number of nitrogens with one attached hydrogen (secondary N) is 2. The van der Waals surface area contributed by atoms with Crippen molar-refractivity contribution in [3.63, 3.8) is 0 Å². The first-order valence-corrected chi connectivity index (χ1v) is 8.04. The van der Waals surface area contributed by atoms with E-state index in [0.29, 0.717) is 10.6 Å². The van der Waals surface area contributed by atoms with Crippen molar-refractivity contribution in [2.75, 3.05) is 18.4 Å². The monoisotopic (exact) mass is 320 g/mol. The number of nitrogens with two attached hydrogens (primary N) is 1. The Hall–Kier alpha value is -2.12. The van der Waals surface area contributed by atoms with Crippen molar-refractivity contribution >= 4 is 28.2 Å². The highest BCUT2D eigenvalue weighted by Gasteiger charge is 2.29. The molecule has 22 heavy (non-hydrogen) atoms. The lowest BCUT2D eigenvalue weighted by atomic mass is 10.0. The zero-order valence-electron chi connectivity index (χ0n) is 12.3. The van der Waals surface area contributed by atoms with Crippen LogP contribution in [0.3, 0.4) is 0 Å². The molecule has 2 aromatic heterocycles. The number of hydrogen-bond donors (Lipinski definition) is 3. The van der Waals surface area contributed by atoms with Crippen molar-refractivity contribution in [2.45, 2.75) is 19.9 Å². The van der Waals surface area contributed by atoms with Crippen molar-refractivity contribution in [3.8, 4) is 0 Å². The van der Waals surface area contributed by atoms with E-state index in [9.17, 15) is 9.59 Å². The predicted molar refractivity (Wildman–Crippen MR) is 83.3 cm³/mol. The highest BCUT2D eigenvalue weighted by atomic mass is 32.1. The van der Waals surface area contributed by atoms with E-state index in [0.717, 1.165) is 36.5 Å². The minimum Gasteiger partial charge on any atom is -0.459 e. The quantitative estimate of drug-likeness (QED) is 0.773. The molecule has 3 rings (SSSR count). The highest BCUT2D eigenvalue weighted by Crippen LogP contribution is 2.34. The number of thiophene rings is 1. The number of amides is 2. The fourth-order valence-corrected chi connectivity index (χ4v) is 4.08. The largest absolute Gasteiger partial charge is 0.459 e. The summed E-state index contributed by atoms with van der Waals surface area (Å²) in [6.07, 6.45) is 2.25. The molecular weight excluding hydrogens is 302 g/mol. The number of quaternary nitrogens is 1. The number of rotatable bonds is 4. The van der Waals surface area contributed by atoms with Crippen molar-refractivity contribution in [1.29, 1.82) is 0 Å². The maximum absolute atomic E-state index is 12.1. The summed E-state index contributed by atoms with van der Waals surface area (Å²) in [6.45, 7) is 5.03. The van der Waals surface area contributed by atoms with E-state index < -0.39 is 5.91 Å². The van der Waals surface area contributed by atoms with Crippen molar-refractivity contribution in [2.24, 2.45) is 5.73 Å². The molecule has 6 nitrogen and oxygen atoms in total. The smallest absolute Gasteiger partial charge is 0.291 e. The summed E-state index contributed by atoms with van der Waals surface area (Å²) < 4.78 is 5.08. The summed E-state index contributed by atoms with van der Waals surface area (Å²) >= 11 is 1.44. The Morgan fingerprint density at radius 3 is 2.95 bits per heavy atom. The maximum atomic E-state index is 12.1. The lowest BCUT2D eigenvalue weighted by Gasteiger charge is -2.22. The van der Waals surface area contributed by atoms with Crippen LogP contribution >= 0.6 is 11.3 Å². The van der Waals surface area contributed by atoms with E-state index in [1.54, 1.807) is 12.1 Å². The molecule has 1 unspecified atom stereocenters. The molecule has 116 valence electrons. The van der Waals surface area contributed by atoms with Gasteiger partial charge in [0.25, 0.3) is 11.8 Å². The molecule has 1 atom stereocenters. The van der Waals surface area contributed by atoms with Gasteiger partial charge in [-0.3, -0.25) is 9.59 Å². The van der Waals surface area contributed by atoms with Gasteiger partial charge < -0.3 is 20.4 Å². The molecule has 0 aromatic carbocycles. The summed E-state index contributed by atoms with van der Waals surface area (Å²) in [5, 5.41) is 3.28. The predicted octanol–water partition coefficient (Wildman–Crippen LogP) is 0.653. The second-order valence-electron chi connectivity index (χ2n) is 5.28. The van der Waals surface area contributed by atoms with Crippen LogP contribution in [-0.2, 0) is 13.0 Å². The SMILES string of the molecule is CC[NH+]1CCc2c(sc(NC(=O)c3ccco3)c2C(N)=O)C1. The molecule has 0 bridgehead atoms. The van der Waals surface area contributed by atoms with E-state index >= 15 is 0 Å². The Kier molecular flexibility index (Phi) is 4.00. The molecule has 7 heteroatoms. The number of carbonyl (C=O) groups excluding carboxylic acids is 2. The van der Waals surface area contributed by atoms with Crippen LogP contribution in [0.2, 0.25) is 0 Å². The summed E-state index contributed by atoms with van der Waals surface area (Å²) in [6, 6.07) is 3.22. The van der Waals surface area contributed by atoms with Crippen molar-refractivity contribution < 1.29 is 18.9 Å². The van der Waals surface area contributed by atoms with Gasteiger partial charge in [-0.15, -0.1) is 11.3 Å². The Balaban J connectivity index is 1.92. The zero-order valence-corrected chi connectivity index (χ0v) is 13.1. The van der Waals surface area contributed by atoms with Crippen molar-refractivity contribution in [1.82, 2.24) is 0 Å². The van der Waals surface area contributed by atoms with Crippen molar-refractivity contribution in [3.05, 3.63) is 40.2 Å². The molecule has 0 radical (unpaired) electrons. The Bertz CT molecular complexity index is 706. The van der Waals surface area contributed by atoms with Gasteiger partial charge in [-0.2, -0.15) is 0 Å². The van der Waals surface area contributed by atoms with Crippen LogP contribution in [-0.4, -0.2) is 24.9 Å². The standard InChI is InChI=1S/C15H17N3O3S/c1-2-18-6-5-9-11(8-18)22-15(12(9)13(16)19)17-14(20)10-4-3-7-21-10/h3-4,7H,2,5-6,8H2,1H3,(H2,16,19)(H,17,20)/p+1. The normalized spacial score (nSPS) is 17.0. The summed E-state index contributed by atoms with van der Waals surface area (Å²) in [5.74, 6) is -0.652. The number of furan rings is 1. The van der Waals surface area contributed by atoms with Crippen LogP contribution < -0.4 is 16.0 Å². The minimum absolute atomic E-state index is 0.211. The third-order valence-corrected chi connectivity index (χ3v) is 5.10. The zero-order chi connectivity index (χ0) is 15.7. The number of fused-ring (bicyclic) bond motifs is 1. The average molecular weight is 320 g/mol. The molecule has 2 aromatic rings.